The van der Waals surface area contributed by atoms with Crippen molar-refractivity contribution >= 4 is 17.8 Å². The van der Waals surface area contributed by atoms with Gasteiger partial charge in [0.25, 0.3) is 5.91 Å². The highest BCUT2D eigenvalue weighted by atomic mass is 16.5. The number of benzene rings is 2. The van der Waals surface area contributed by atoms with Crippen molar-refractivity contribution < 1.29 is 14.3 Å². The third-order valence-electron chi connectivity index (χ3n) is 3.34. The van der Waals surface area contributed by atoms with Crippen molar-refractivity contribution in [2.24, 2.45) is 0 Å². The number of methoxy groups -OCH3 is 1. The zero-order chi connectivity index (χ0) is 16.8. The molecule has 23 heavy (non-hydrogen) atoms. The molecule has 0 N–H and O–H groups in total. The zero-order valence-corrected chi connectivity index (χ0v) is 13.4. The molecule has 2 aromatic carbocycles. The van der Waals surface area contributed by atoms with Crippen molar-refractivity contribution in [3.63, 3.8) is 0 Å². The SMILES string of the molecule is COC(=Cc1ccccc1)C(=O)c1ccc(C(=O)N(C)C)cc1. The van der Waals surface area contributed by atoms with Crippen molar-refractivity contribution in [2.45, 2.75) is 0 Å². The number of hydrogen-bond acceptors (Lipinski definition) is 3. The van der Waals surface area contributed by atoms with Crippen LogP contribution < -0.4 is 0 Å². The summed E-state index contributed by atoms with van der Waals surface area (Å²) in [6.45, 7) is 0. The lowest BCUT2D eigenvalue weighted by Crippen LogP contribution is -2.21. The fourth-order valence-corrected chi connectivity index (χ4v) is 2.08. The van der Waals surface area contributed by atoms with E-state index in [2.05, 4.69) is 0 Å². The van der Waals surface area contributed by atoms with Gasteiger partial charge in [-0.15, -0.1) is 0 Å². The highest BCUT2D eigenvalue weighted by Gasteiger charge is 2.14. The Balaban J connectivity index is 2.25. The van der Waals surface area contributed by atoms with E-state index in [1.807, 2.05) is 30.3 Å². The normalized spacial score (nSPS) is 11.0. The minimum atomic E-state index is -0.222. The van der Waals surface area contributed by atoms with Crippen molar-refractivity contribution in [1.82, 2.24) is 4.90 Å². The molecule has 118 valence electrons. The van der Waals surface area contributed by atoms with Crippen molar-refractivity contribution in [1.29, 1.82) is 0 Å². The summed E-state index contributed by atoms with van der Waals surface area (Å²) >= 11 is 0. The van der Waals surface area contributed by atoms with E-state index in [0.29, 0.717) is 11.1 Å². The first-order chi connectivity index (χ1) is 11.0. The molecule has 0 fully saturated rings. The minimum Gasteiger partial charge on any atom is -0.493 e. The second-order valence-electron chi connectivity index (χ2n) is 5.23. The maximum Gasteiger partial charge on any atom is 0.253 e. The molecule has 0 saturated heterocycles. The predicted octanol–water partition coefficient (Wildman–Crippen LogP) is 3.26. The first-order valence-corrected chi connectivity index (χ1v) is 7.20. The molecule has 0 saturated carbocycles. The van der Waals surface area contributed by atoms with E-state index in [0.717, 1.165) is 5.56 Å². The Hall–Kier alpha value is -2.88. The number of ketones is 1. The van der Waals surface area contributed by atoms with Gasteiger partial charge in [0, 0.05) is 25.2 Å². The van der Waals surface area contributed by atoms with Gasteiger partial charge < -0.3 is 9.64 Å². The van der Waals surface area contributed by atoms with Gasteiger partial charge in [-0.25, -0.2) is 0 Å². The average molecular weight is 309 g/mol. The molecule has 0 unspecified atom stereocenters. The van der Waals surface area contributed by atoms with Gasteiger partial charge in [-0.1, -0.05) is 42.5 Å². The van der Waals surface area contributed by atoms with E-state index in [1.54, 1.807) is 44.4 Å². The molecule has 0 heterocycles. The maximum atomic E-state index is 12.5. The summed E-state index contributed by atoms with van der Waals surface area (Å²) in [6, 6.07) is 16.0. The van der Waals surface area contributed by atoms with Gasteiger partial charge in [0.2, 0.25) is 5.78 Å². The number of Topliss-reactive ketones (excluding diaryl/α,β-unsaturated/α-hetero) is 1. The Bertz CT molecular complexity index is 716. The van der Waals surface area contributed by atoms with E-state index in [1.165, 1.54) is 12.0 Å². The summed E-state index contributed by atoms with van der Waals surface area (Å²) in [7, 11) is 4.84. The fraction of sp³-hybridized carbons (Fsp3) is 0.158. The van der Waals surface area contributed by atoms with Crippen molar-refractivity contribution in [3.8, 4) is 0 Å². The van der Waals surface area contributed by atoms with Gasteiger partial charge in [0.1, 0.15) is 0 Å². The van der Waals surface area contributed by atoms with E-state index in [4.69, 9.17) is 4.74 Å². The maximum absolute atomic E-state index is 12.5. The smallest absolute Gasteiger partial charge is 0.253 e. The standard InChI is InChI=1S/C19H19NO3/c1-20(2)19(22)16-11-9-15(10-12-16)18(21)17(23-3)13-14-7-5-4-6-8-14/h4-13H,1-3H3. The molecule has 0 aliphatic heterocycles. The lowest BCUT2D eigenvalue weighted by Gasteiger charge is -2.10. The first kappa shape index (κ1) is 16.5. The van der Waals surface area contributed by atoms with E-state index in [9.17, 15) is 9.59 Å². The molecule has 2 rings (SSSR count). The monoisotopic (exact) mass is 309 g/mol. The van der Waals surface area contributed by atoms with Gasteiger partial charge in [-0.05, 0) is 23.8 Å². The second kappa shape index (κ2) is 7.40. The number of ether oxygens (including phenoxy) is 1. The van der Waals surface area contributed by atoms with Gasteiger partial charge in [-0.2, -0.15) is 0 Å². The molecule has 0 atom stereocenters. The molecule has 0 radical (unpaired) electrons. The highest BCUT2D eigenvalue weighted by molar-refractivity contribution is 6.10. The van der Waals surface area contributed by atoms with Crippen LogP contribution in [-0.4, -0.2) is 37.8 Å². The van der Waals surface area contributed by atoms with Gasteiger partial charge >= 0.3 is 0 Å². The Morgan fingerprint density at radius 2 is 1.48 bits per heavy atom. The molecule has 4 heteroatoms. The number of carbonyl (C=O) groups excluding carboxylic acids is 2. The van der Waals surface area contributed by atoms with E-state index in [-0.39, 0.29) is 17.4 Å². The van der Waals surface area contributed by atoms with Gasteiger partial charge in [-0.3, -0.25) is 9.59 Å². The van der Waals surface area contributed by atoms with Crippen molar-refractivity contribution in [2.75, 3.05) is 21.2 Å². The van der Waals surface area contributed by atoms with Crippen LogP contribution in [0.2, 0.25) is 0 Å². The number of amides is 1. The zero-order valence-electron chi connectivity index (χ0n) is 13.4. The number of allylic oxidation sites excluding steroid dienone is 1. The second-order valence-corrected chi connectivity index (χ2v) is 5.23. The Morgan fingerprint density at radius 1 is 0.913 bits per heavy atom. The minimum absolute atomic E-state index is 0.101. The van der Waals surface area contributed by atoms with Crippen LogP contribution in [0.4, 0.5) is 0 Å². The largest absolute Gasteiger partial charge is 0.493 e. The van der Waals surface area contributed by atoms with Crippen LogP contribution in [-0.2, 0) is 4.74 Å². The lowest BCUT2D eigenvalue weighted by molar-refractivity contribution is 0.0826. The molecular formula is C19H19NO3. The molecule has 0 spiro atoms. The predicted molar refractivity (Wildman–Crippen MR) is 90.2 cm³/mol. The topological polar surface area (TPSA) is 46.6 Å². The van der Waals surface area contributed by atoms with Gasteiger partial charge in [0.05, 0.1) is 7.11 Å². The summed E-state index contributed by atoms with van der Waals surface area (Å²) in [5.41, 5.74) is 1.90. The van der Waals surface area contributed by atoms with Gasteiger partial charge in [0.15, 0.2) is 5.76 Å². The molecule has 1 amide bonds. The summed E-state index contributed by atoms with van der Waals surface area (Å²) in [4.78, 5) is 25.9. The van der Waals surface area contributed by atoms with E-state index < -0.39 is 0 Å². The van der Waals surface area contributed by atoms with Crippen LogP contribution >= 0.6 is 0 Å². The summed E-state index contributed by atoms with van der Waals surface area (Å²) in [5, 5.41) is 0. The van der Waals surface area contributed by atoms with Crippen LogP contribution in [0.25, 0.3) is 6.08 Å². The molecule has 0 aromatic heterocycles. The fourth-order valence-electron chi connectivity index (χ4n) is 2.08. The Kier molecular flexibility index (Phi) is 5.31. The summed E-state index contributed by atoms with van der Waals surface area (Å²) in [5.74, 6) is -0.0705. The lowest BCUT2D eigenvalue weighted by atomic mass is 10.0. The molecule has 0 aliphatic carbocycles. The third-order valence-corrected chi connectivity index (χ3v) is 3.34. The molecule has 0 bridgehead atoms. The third kappa shape index (κ3) is 4.07. The first-order valence-electron chi connectivity index (χ1n) is 7.20. The summed E-state index contributed by atoms with van der Waals surface area (Å²) < 4.78 is 5.22. The number of carbonyl (C=O) groups is 2. The summed E-state index contributed by atoms with van der Waals surface area (Å²) in [6.07, 6.45) is 1.70. The Morgan fingerprint density at radius 3 is 2.00 bits per heavy atom. The quantitative estimate of drug-likeness (QED) is 0.484. The number of nitrogens with zero attached hydrogens (tertiary/aromatic N) is 1. The van der Waals surface area contributed by atoms with Crippen LogP contribution in [0, 0.1) is 0 Å². The van der Waals surface area contributed by atoms with Crippen LogP contribution in [0.1, 0.15) is 26.3 Å². The van der Waals surface area contributed by atoms with Crippen LogP contribution in [0.15, 0.2) is 60.4 Å². The molecular weight excluding hydrogens is 290 g/mol. The number of rotatable bonds is 5. The highest BCUT2D eigenvalue weighted by Crippen LogP contribution is 2.15. The molecule has 4 nitrogen and oxygen atoms in total. The number of hydrogen-bond donors (Lipinski definition) is 0. The van der Waals surface area contributed by atoms with Crippen LogP contribution in [0.5, 0.6) is 0 Å². The molecule has 2 aromatic rings. The Labute approximate surface area is 136 Å². The average Bonchev–Trinajstić information content (AvgIpc) is 2.59. The van der Waals surface area contributed by atoms with E-state index >= 15 is 0 Å². The van der Waals surface area contributed by atoms with Crippen molar-refractivity contribution in [3.05, 3.63) is 77.0 Å². The molecule has 0 aliphatic rings. The van der Waals surface area contributed by atoms with Crippen LogP contribution in [0.3, 0.4) is 0 Å².